The van der Waals surface area contributed by atoms with Gasteiger partial charge in [0.1, 0.15) is 0 Å². The molecule has 0 radical (unpaired) electrons. The fourth-order valence-corrected chi connectivity index (χ4v) is 4.19. The molecule has 0 aliphatic heterocycles. The highest BCUT2D eigenvalue weighted by Crippen LogP contribution is 2.39. The third-order valence-corrected chi connectivity index (χ3v) is 5.75. The highest BCUT2D eigenvalue weighted by molar-refractivity contribution is 4.99. The summed E-state index contributed by atoms with van der Waals surface area (Å²) in [5, 5.41) is 0. The Balaban J connectivity index is 1.90. The third kappa shape index (κ3) is 3.32. The molecule has 2 N–H and O–H groups in total. The molecule has 0 aromatic rings. The molecule has 112 valence electrons. The third-order valence-electron chi connectivity index (χ3n) is 5.75. The lowest BCUT2D eigenvalue weighted by Crippen LogP contribution is -2.58. The number of nitrogens with zero attached hydrogens (tertiary/aromatic N) is 2. The van der Waals surface area contributed by atoms with Crippen molar-refractivity contribution in [3.05, 3.63) is 0 Å². The second kappa shape index (κ2) is 6.11. The summed E-state index contributed by atoms with van der Waals surface area (Å²) in [6, 6.07) is 0. The van der Waals surface area contributed by atoms with Crippen molar-refractivity contribution >= 4 is 0 Å². The van der Waals surface area contributed by atoms with Crippen LogP contribution < -0.4 is 5.73 Å². The van der Waals surface area contributed by atoms with E-state index in [0.717, 1.165) is 6.54 Å². The summed E-state index contributed by atoms with van der Waals surface area (Å²) >= 11 is 0. The number of rotatable bonds is 6. The first kappa shape index (κ1) is 15.3. The number of likely N-dealkylation sites (N-methyl/N-ethyl adjacent to an activating group) is 2. The summed E-state index contributed by atoms with van der Waals surface area (Å²) < 4.78 is 0. The predicted molar refractivity (Wildman–Crippen MR) is 82.3 cm³/mol. The molecule has 0 heterocycles. The number of nitrogens with two attached hydrogens (primary N) is 1. The van der Waals surface area contributed by atoms with Crippen LogP contribution in [0.15, 0.2) is 0 Å². The lowest BCUT2D eigenvalue weighted by atomic mass is 9.72. The van der Waals surface area contributed by atoms with Gasteiger partial charge in [-0.25, -0.2) is 0 Å². The van der Waals surface area contributed by atoms with Crippen molar-refractivity contribution in [2.75, 3.05) is 40.8 Å². The van der Waals surface area contributed by atoms with Gasteiger partial charge in [0.25, 0.3) is 0 Å². The van der Waals surface area contributed by atoms with E-state index >= 15 is 0 Å². The molecule has 0 spiro atoms. The molecule has 2 aliphatic rings. The van der Waals surface area contributed by atoms with Crippen LogP contribution in [0.2, 0.25) is 0 Å². The summed E-state index contributed by atoms with van der Waals surface area (Å²) in [5.41, 5.74) is 6.97. The van der Waals surface area contributed by atoms with Crippen molar-refractivity contribution in [1.29, 1.82) is 0 Å². The summed E-state index contributed by atoms with van der Waals surface area (Å²) in [4.78, 5) is 5.01. The maximum absolute atomic E-state index is 6.12. The predicted octanol–water partition coefficient (Wildman–Crippen LogP) is 2.31. The van der Waals surface area contributed by atoms with E-state index < -0.39 is 0 Å². The monoisotopic (exact) mass is 267 g/mol. The Kier molecular flexibility index (Phi) is 4.91. The minimum absolute atomic E-state index is 0.407. The molecule has 2 saturated carbocycles. The molecule has 2 fully saturated rings. The van der Waals surface area contributed by atoms with Crippen molar-refractivity contribution < 1.29 is 0 Å². The van der Waals surface area contributed by atoms with E-state index in [1.807, 2.05) is 0 Å². The highest BCUT2D eigenvalue weighted by atomic mass is 15.2. The standard InChI is InChI=1S/C16H33N3/c1-18(2)16(10-7-11-16)14-19(3)13-15(12-17)8-5-4-6-9-15/h4-14,17H2,1-3H3. The Morgan fingerprint density at radius 3 is 1.89 bits per heavy atom. The van der Waals surface area contributed by atoms with Crippen molar-refractivity contribution in [2.45, 2.75) is 56.9 Å². The van der Waals surface area contributed by atoms with Gasteiger partial charge in [-0.15, -0.1) is 0 Å². The summed E-state index contributed by atoms with van der Waals surface area (Å²) in [6.07, 6.45) is 11.0. The largest absolute Gasteiger partial charge is 0.330 e. The second-order valence-electron chi connectivity index (χ2n) is 7.41. The van der Waals surface area contributed by atoms with Crippen LogP contribution >= 0.6 is 0 Å². The summed E-state index contributed by atoms with van der Waals surface area (Å²) in [6.45, 7) is 3.27. The summed E-state index contributed by atoms with van der Waals surface area (Å²) in [5.74, 6) is 0. The van der Waals surface area contributed by atoms with E-state index in [1.165, 1.54) is 64.5 Å². The van der Waals surface area contributed by atoms with Gasteiger partial charge in [-0.05, 0) is 65.2 Å². The van der Waals surface area contributed by atoms with Crippen LogP contribution in [0.25, 0.3) is 0 Å². The number of hydrogen-bond acceptors (Lipinski definition) is 3. The van der Waals surface area contributed by atoms with Gasteiger partial charge in [0.05, 0.1) is 0 Å². The molecule has 2 aliphatic carbocycles. The van der Waals surface area contributed by atoms with Gasteiger partial charge in [-0.2, -0.15) is 0 Å². The first-order chi connectivity index (χ1) is 9.02. The average molecular weight is 267 g/mol. The molecule has 3 nitrogen and oxygen atoms in total. The quantitative estimate of drug-likeness (QED) is 0.801. The van der Waals surface area contributed by atoms with Gasteiger partial charge in [0, 0.05) is 18.6 Å². The summed E-state index contributed by atoms with van der Waals surface area (Å²) in [7, 11) is 6.79. The van der Waals surface area contributed by atoms with Gasteiger partial charge in [0.2, 0.25) is 0 Å². The van der Waals surface area contributed by atoms with E-state index in [2.05, 4.69) is 30.9 Å². The Morgan fingerprint density at radius 1 is 0.842 bits per heavy atom. The molecule has 0 aromatic carbocycles. The van der Waals surface area contributed by atoms with Crippen molar-refractivity contribution in [2.24, 2.45) is 11.1 Å². The van der Waals surface area contributed by atoms with Crippen LogP contribution in [-0.4, -0.2) is 56.1 Å². The molecule has 0 amide bonds. The Morgan fingerprint density at radius 2 is 1.47 bits per heavy atom. The van der Waals surface area contributed by atoms with E-state index in [0.29, 0.717) is 11.0 Å². The zero-order chi connectivity index (χ0) is 13.9. The van der Waals surface area contributed by atoms with Crippen molar-refractivity contribution in [3.8, 4) is 0 Å². The molecule has 2 rings (SSSR count). The fraction of sp³-hybridized carbons (Fsp3) is 1.00. The van der Waals surface area contributed by atoms with Gasteiger partial charge < -0.3 is 15.5 Å². The van der Waals surface area contributed by atoms with Gasteiger partial charge in [0.15, 0.2) is 0 Å². The van der Waals surface area contributed by atoms with Crippen LogP contribution in [0.4, 0.5) is 0 Å². The number of hydrogen-bond donors (Lipinski definition) is 1. The smallest absolute Gasteiger partial charge is 0.0330 e. The lowest BCUT2D eigenvalue weighted by molar-refractivity contribution is 0.0115. The average Bonchev–Trinajstić information content (AvgIpc) is 2.34. The second-order valence-corrected chi connectivity index (χ2v) is 7.41. The van der Waals surface area contributed by atoms with Crippen LogP contribution in [0.1, 0.15) is 51.4 Å². The van der Waals surface area contributed by atoms with Crippen LogP contribution in [0.3, 0.4) is 0 Å². The fourth-order valence-electron chi connectivity index (χ4n) is 4.19. The maximum atomic E-state index is 6.12. The normalized spacial score (nSPS) is 25.6. The molecular weight excluding hydrogens is 234 g/mol. The lowest BCUT2D eigenvalue weighted by Gasteiger charge is -2.50. The zero-order valence-corrected chi connectivity index (χ0v) is 13.2. The van der Waals surface area contributed by atoms with Gasteiger partial charge in [-0.1, -0.05) is 19.3 Å². The molecule has 3 heteroatoms. The Bertz CT molecular complexity index is 278. The van der Waals surface area contributed by atoms with Crippen LogP contribution in [0, 0.1) is 5.41 Å². The molecule has 0 bridgehead atoms. The van der Waals surface area contributed by atoms with Crippen LogP contribution in [0.5, 0.6) is 0 Å². The Hall–Kier alpha value is -0.120. The van der Waals surface area contributed by atoms with E-state index in [9.17, 15) is 0 Å². The van der Waals surface area contributed by atoms with Crippen molar-refractivity contribution in [1.82, 2.24) is 9.80 Å². The first-order valence-electron chi connectivity index (χ1n) is 8.08. The molecule has 0 atom stereocenters. The topological polar surface area (TPSA) is 32.5 Å². The molecule has 0 saturated heterocycles. The van der Waals surface area contributed by atoms with Crippen LogP contribution in [-0.2, 0) is 0 Å². The van der Waals surface area contributed by atoms with E-state index in [-0.39, 0.29) is 0 Å². The van der Waals surface area contributed by atoms with E-state index in [1.54, 1.807) is 0 Å². The first-order valence-corrected chi connectivity index (χ1v) is 8.08. The highest BCUT2D eigenvalue weighted by Gasteiger charge is 2.41. The zero-order valence-electron chi connectivity index (χ0n) is 13.2. The maximum Gasteiger partial charge on any atom is 0.0330 e. The minimum atomic E-state index is 0.407. The van der Waals surface area contributed by atoms with E-state index in [4.69, 9.17) is 5.73 Å². The molecule has 19 heavy (non-hydrogen) atoms. The molecule has 0 aromatic heterocycles. The molecule has 0 unspecified atom stereocenters. The molecular formula is C16H33N3. The van der Waals surface area contributed by atoms with Gasteiger partial charge >= 0.3 is 0 Å². The Labute approximate surface area is 119 Å². The van der Waals surface area contributed by atoms with Crippen molar-refractivity contribution in [3.63, 3.8) is 0 Å². The minimum Gasteiger partial charge on any atom is -0.330 e. The SMILES string of the molecule is CN(CC1(CN)CCCCC1)CC1(N(C)C)CCC1. The van der Waals surface area contributed by atoms with Gasteiger partial charge in [-0.3, -0.25) is 0 Å².